The second-order valence-electron chi connectivity index (χ2n) is 6.11. The van der Waals surface area contributed by atoms with Crippen molar-refractivity contribution in [3.05, 3.63) is 35.7 Å². The number of aryl methyl sites for hydroxylation is 1. The Bertz CT molecular complexity index is 657. The average molecular weight is 313 g/mol. The lowest BCUT2D eigenvalue weighted by Gasteiger charge is -2.33. The first-order valence-corrected chi connectivity index (χ1v) is 8.40. The Balaban J connectivity index is 1.76. The molecule has 1 aromatic heterocycles. The van der Waals surface area contributed by atoms with Crippen molar-refractivity contribution in [1.82, 2.24) is 15.0 Å². The third-order valence-corrected chi connectivity index (χ3v) is 4.52. The Labute approximate surface area is 136 Å². The van der Waals surface area contributed by atoms with Gasteiger partial charge in [-0.2, -0.15) is 4.98 Å². The summed E-state index contributed by atoms with van der Waals surface area (Å²) < 4.78 is 5.16. The van der Waals surface area contributed by atoms with Gasteiger partial charge < -0.3 is 9.42 Å². The van der Waals surface area contributed by atoms with Crippen molar-refractivity contribution < 1.29 is 9.32 Å². The molecule has 0 radical (unpaired) electrons. The second-order valence-corrected chi connectivity index (χ2v) is 6.11. The zero-order valence-electron chi connectivity index (χ0n) is 13.8. The first-order valence-electron chi connectivity index (χ1n) is 8.40. The van der Waals surface area contributed by atoms with E-state index in [0.29, 0.717) is 17.8 Å². The molecule has 3 rings (SSSR count). The molecule has 1 fully saturated rings. The summed E-state index contributed by atoms with van der Waals surface area (Å²) >= 11 is 0. The van der Waals surface area contributed by atoms with Crippen molar-refractivity contribution in [2.24, 2.45) is 0 Å². The number of carbonyl (C=O) groups is 1. The van der Waals surface area contributed by atoms with Gasteiger partial charge in [0, 0.05) is 23.7 Å². The largest absolute Gasteiger partial charge is 0.336 e. The summed E-state index contributed by atoms with van der Waals surface area (Å²) in [5, 5.41) is 3.79. The van der Waals surface area contributed by atoms with Gasteiger partial charge in [0.15, 0.2) is 5.82 Å². The molecule has 5 nitrogen and oxygen atoms in total. The zero-order chi connectivity index (χ0) is 16.2. The van der Waals surface area contributed by atoms with Crippen molar-refractivity contribution in [2.75, 3.05) is 6.54 Å². The predicted molar refractivity (Wildman–Crippen MR) is 88.1 cm³/mol. The van der Waals surface area contributed by atoms with Crippen molar-refractivity contribution in [3.8, 4) is 11.5 Å². The molecular formula is C18H23N3O2. The summed E-state index contributed by atoms with van der Waals surface area (Å²) in [7, 11) is 0. The number of benzene rings is 1. The van der Waals surface area contributed by atoms with Gasteiger partial charge in [-0.15, -0.1) is 0 Å². The van der Waals surface area contributed by atoms with Crippen LogP contribution in [0.1, 0.15) is 55.2 Å². The first-order chi connectivity index (χ1) is 11.2. The van der Waals surface area contributed by atoms with Crippen molar-refractivity contribution >= 4 is 5.91 Å². The summed E-state index contributed by atoms with van der Waals surface area (Å²) in [6.45, 7) is 4.60. The molecule has 1 aliphatic carbocycles. The molecule has 0 unspecified atom stereocenters. The lowest BCUT2D eigenvalue weighted by Crippen LogP contribution is -2.41. The molecule has 1 amide bonds. The highest BCUT2D eigenvalue weighted by Gasteiger charge is 2.25. The molecule has 0 aliphatic heterocycles. The fourth-order valence-electron chi connectivity index (χ4n) is 3.30. The van der Waals surface area contributed by atoms with Crippen LogP contribution in [0.4, 0.5) is 0 Å². The molecule has 1 aliphatic rings. The van der Waals surface area contributed by atoms with Crippen molar-refractivity contribution in [1.29, 1.82) is 0 Å². The van der Waals surface area contributed by atoms with E-state index in [1.54, 1.807) is 6.92 Å². The van der Waals surface area contributed by atoms with Crippen LogP contribution in [-0.2, 0) is 0 Å². The normalized spacial score (nSPS) is 15.6. The molecule has 0 saturated heterocycles. The van der Waals surface area contributed by atoms with Gasteiger partial charge >= 0.3 is 0 Å². The highest BCUT2D eigenvalue weighted by molar-refractivity contribution is 5.94. The van der Waals surface area contributed by atoms with Crippen LogP contribution in [0.2, 0.25) is 0 Å². The highest BCUT2D eigenvalue weighted by atomic mass is 16.5. The molecule has 122 valence electrons. The lowest BCUT2D eigenvalue weighted by atomic mass is 9.93. The Morgan fingerprint density at radius 1 is 1.22 bits per heavy atom. The molecule has 1 saturated carbocycles. The van der Waals surface area contributed by atoms with Crippen molar-refractivity contribution in [2.45, 2.75) is 52.0 Å². The monoisotopic (exact) mass is 313 g/mol. The summed E-state index contributed by atoms with van der Waals surface area (Å²) in [5.74, 6) is 1.21. The minimum atomic E-state index is 0.118. The first kappa shape index (κ1) is 15.7. The molecular weight excluding hydrogens is 290 g/mol. The molecule has 0 bridgehead atoms. The van der Waals surface area contributed by atoms with E-state index in [1.165, 1.54) is 19.3 Å². The summed E-state index contributed by atoms with van der Waals surface area (Å²) in [5.41, 5.74) is 1.56. The average Bonchev–Trinajstić information content (AvgIpc) is 3.03. The number of hydrogen-bond donors (Lipinski definition) is 0. The molecule has 1 aromatic carbocycles. The minimum Gasteiger partial charge on any atom is -0.336 e. The molecule has 0 atom stereocenters. The number of hydrogen-bond acceptors (Lipinski definition) is 4. The molecule has 1 heterocycles. The standard InChI is InChI=1S/C18H23N3O2/c1-3-21(16-7-5-4-6-8-16)18(22)15-11-9-14(10-12-15)17-19-13(2)20-23-17/h9-12,16H,3-8H2,1-2H3. The second kappa shape index (κ2) is 6.94. The van der Waals surface area contributed by atoms with Gasteiger partial charge in [-0.3, -0.25) is 4.79 Å². The lowest BCUT2D eigenvalue weighted by molar-refractivity contribution is 0.0648. The predicted octanol–water partition coefficient (Wildman–Crippen LogP) is 3.84. The number of rotatable bonds is 4. The fourth-order valence-corrected chi connectivity index (χ4v) is 3.30. The topological polar surface area (TPSA) is 59.2 Å². The summed E-state index contributed by atoms with van der Waals surface area (Å²) in [6, 6.07) is 7.83. The third kappa shape index (κ3) is 3.44. The van der Waals surface area contributed by atoms with Crippen LogP contribution in [0.25, 0.3) is 11.5 Å². The zero-order valence-corrected chi connectivity index (χ0v) is 13.8. The third-order valence-electron chi connectivity index (χ3n) is 4.52. The minimum absolute atomic E-state index is 0.118. The van der Waals surface area contributed by atoms with E-state index in [1.807, 2.05) is 29.2 Å². The summed E-state index contributed by atoms with van der Waals surface area (Å²) in [4.78, 5) is 19.0. The van der Waals surface area contributed by atoms with Gasteiger partial charge in [-0.25, -0.2) is 0 Å². The van der Waals surface area contributed by atoms with Gasteiger partial charge in [-0.05, 0) is 51.0 Å². The Hall–Kier alpha value is -2.17. The van der Waals surface area contributed by atoms with Gasteiger partial charge in [0.2, 0.25) is 0 Å². The van der Waals surface area contributed by atoms with Gasteiger partial charge in [0.05, 0.1) is 0 Å². The van der Waals surface area contributed by atoms with Crippen LogP contribution in [-0.4, -0.2) is 33.5 Å². The van der Waals surface area contributed by atoms with E-state index in [0.717, 1.165) is 30.5 Å². The van der Waals surface area contributed by atoms with E-state index >= 15 is 0 Å². The molecule has 0 spiro atoms. The van der Waals surface area contributed by atoms with Crippen LogP contribution in [0.15, 0.2) is 28.8 Å². The van der Waals surface area contributed by atoms with Gasteiger partial charge in [0.1, 0.15) is 0 Å². The number of aromatic nitrogens is 2. The molecule has 5 heteroatoms. The Morgan fingerprint density at radius 2 is 1.91 bits per heavy atom. The van der Waals surface area contributed by atoms with Crippen molar-refractivity contribution in [3.63, 3.8) is 0 Å². The van der Waals surface area contributed by atoms with E-state index in [2.05, 4.69) is 17.1 Å². The van der Waals surface area contributed by atoms with Crippen LogP contribution in [0, 0.1) is 6.92 Å². The summed E-state index contributed by atoms with van der Waals surface area (Å²) in [6.07, 6.45) is 5.99. The van der Waals surface area contributed by atoms with E-state index < -0.39 is 0 Å². The molecule has 0 N–H and O–H groups in total. The quantitative estimate of drug-likeness (QED) is 0.860. The number of nitrogens with zero attached hydrogens (tertiary/aromatic N) is 3. The van der Waals surface area contributed by atoms with Crippen LogP contribution >= 0.6 is 0 Å². The SMILES string of the molecule is CCN(C(=O)c1ccc(-c2nc(C)no2)cc1)C1CCCCC1. The smallest absolute Gasteiger partial charge is 0.257 e. The van der Waals surface area contributed by atoms with Gasteiger partial charge in [-0.1, -0.05) is 24.4 Å². The van der Waals surface area contributed by atoms with E-state index in [4.69, 9.17) is 4.52 Å². The fraction of sp³-hybridized carbons (Fsp3) is 0.500. The van der Waals surface area contributed by atoms with Gasteiger partial charge in [0.25, 0.3) is 11.8 Å². The van der Waals surface area contributed by atoms with E-state index in [9.17, 15) is 4.79 Å². The van der Waals surface area contributed by atoms with Crippen LogP contribution in [0.5, 0.6) is 0 Å². The number of carbonyl (C=O) groups excluding carboxylic acids is 1. The maximum absolute atomic E-state index is 12.8. The Kier molecular flexibility index (Phi) is 4.74. The van der Waals surface area contributed by atoms with Crippen LogP contribution < -0.4 is 0 Å². The highest BCUT2D eigenvalue weighted by Crippen LogP contribution is 2.24. The molecule has 23 heavy (non-hydrogen) atoms. The van der Waals surface area contributed by atoms with Crippen LogP contribution in [0.3, 0.4) is 0 Å². The Morgan fingerprint density at radius 3 is 2.48 bits per heavy atom. The van der Waals surface area contributed by atoms with E-state index in [-0.39, 0.29) is 5.91 Å². The maximum atomic E-state index is 12.8. The molecule has 2 aromatic rings. The maximum Gasteiger partial charge on any atom is 0.257 e. The number of amides is 1.